The number of benzene rings is 1. The number of aryl methyl sites for hydroxylation is 1. The van der Waals surface area contributed by atoms with E-state index in [9.17, 15) is 14.4 Å². The highest BCUT2D eigenvalue weighted by atomic mass is 16.5. The zero-order chi connectivity index (χ0) is 20.8. The highest BCUT2D eigenvalue weighted by Crippen LogP contribution is 2.19. The van der Waals surface area contributed by atoms with Gasteiger partial charge in [-0.25, -0.2) is 9.67 Å². The van der Waals surface area contributed by atoms with Gasteiger partial charge in [0.1, 0.15) is 11.4 Å². The Hall–Kier alpha value is -3.75. The molecular formula is C20H21N5O4. The number of carbonyl (C=O) groups is 1. The third-order valence-electron chi connectivity index (χ3n) is 4.17. The van der Waals surface area contributed by atoms with Crippen molar-refractivity contribution in [3.05, 3.63) is 75.2 Å². The number of carbonyl (C=O) groups excluding carboxylic acids is 1. The first-order chi connectivity index (χ1) is 14.0. The summed E-state index contributed by atoms with van der Waals surface area (Å²) in [5.41, 5.74) is 0.980. The summed E-state index contributed by atoms with van der Waals surface area (Å²) in [6, 6.07) is 11.4. The Balaban J connectivity index is 1.62. The lowest BCUT2D eigenvalue weighted by Gasteiger charge is -2.09. The largest absolute Gasteiger partial charge is 0.494 e. The number of aromatic nitrogens is 4. The maximum absolute atomic E-state index is 12.3. The number of hydrogen-bond acceptors (Lipinski definition) is 6. The molecule has 0 unspecified atom stereocenters. The van der Waals surface area contributed by atoms with Crippen LogP contribution in [0.2, 0.25) is 0 Å². The van der Waals surface area contributed by atoms with Crippen LogP contribution in [0.4, 0.5) is 0 Å². The molecule has 0 aliphatic carbocycles. The molecule has 0 spiro atoms. The van der Waals surface area contributed by atoms with Gasteiger partial charge in [0.25, 0.3) is 17.0 Å². The predicted octanol–water partition coefficient (Wildman–Crippen LogP) is 0.833. The van der Waals surface area contributed by atoms with Crippen molar-refractivity contribution in [3.8, 4) is 17.0 Å². The lowest BCUT2D eigenvalue weighted by Crippen LogP contribution is -2.32. The molecule has 1 aromatic carbocycles. The predicted molar refractivity (Wildman–Crippen MR) is 107 cm³/mol. The van der Waals surface area contributed by atoms with E-state index in [1.807, 2.05) is 31.2 Å². The summed E-state index contributed by atoms with van der Waals surface area (Å²) in [6.45, 7) is 2.97. The van der Waals surface area contributed by atoms with Crippen molar-refractivity contribution in [3.63, 3.8) is 0 Å². The van der Waals surface area contributed by atoms with Gasteiger partial charge in [-0.1, -0.05) is 0 Å². The lowest BCUT2D eigenvalue weighted by molar-refractivity contribution is 0.0945. The highest BCUT2D eigenvalue weighted by Gasteiger charge is 2.09. The highest BCUT2D eigenvalue weighted by molar-refractivity contribution is 5.91. The van der Waals surface area contributed by atoms with E-state index in [0.29, 0.717) is 12.3 Å². The van der Waals surface area contributed by atoms with Crippen LogP contribution in [0.1, 0.15) is 17.4 Å². The van der Waals surface area contributed by atoms with E-state index in [4.69, 9.17) is 4.74 Å². The smallest absolute Gasteiger partial charge is 0.271 e. The van der Waals surface area contributed by atoms with Crippen LogP contribution in [0.25, 0.3) is 11.3 Å². The average molecular weight is 395 g/mol. The number of amides is 1. The Bertz CT molecular complexity index is 1120. The molecule has 0 aliphatic heterocycles. The van der Waals surface area contributed by atoms with Crippen LogP contribution in [0, 0.1) is 0 Å². The second-order valence-corrected chi connectivity index (χ2v) is 6.20. The fraction of sp³-hybridized carbons (Fsp3) is 0.250. The fourth-order valence-electron chi connectivity index (χ4n) is 2.64. The minimum absolute atomic E-state index is 0.128. The van der Waals surface area contributed by atoms with Gasteiger partial charge in [-0.15, -0.1) is 0 Å². The summed E-state index contributed by atoms with van der Waals surface area (Å²) in [4.78, 5) is 40.1. The zero-order valence-electron chi connectivity index (χ0n) is 16.2. The molecule has 3 rings (SSSR count). The molecule has 29 heavy (non-hydrogen) atoms. The molecule has 0 saturated heterocycles. The summed E-state index contributed by atoms with van der Waals surface area (Å²) in [5, 5.41) is 6.55. The number of nitrogens with zero attached hydrogens (tertiary/aromatic N) is 4. The van der Waals surface area contributed by atoms with Gasteiger partial charge in [0.05, 0.1) is 18.6 Å². The Morgan fingerprint density at radius 3 is 2.52 bits per heavy atom. The van der Waals surface area contributed by atoms with Crippen LogP contribution in [0.5, 0.6) is 5.75 Å². The van der Waals surface area contributed by atoms with Gasteiger partial charge >= 0.3 is 0 Å². The number of rotatable bonds is 7. The number of nitrogens with one attached hydrogen (secondary N) is 1. The van der Waals surface area contributed by atoms with E-state index in [1.54, 1.807) is 0 Å². The van der Waals surface area contributed by atoms with E-state index in [0.717, 1.165) is 16.0 Å². The first kappa shape index (κ1) is 20.0. The average Bonchev–Trinajstić information content (AvgIpc) is 2.72. The van der Waals surface area contributed by atoms with Gasteiger partial charge < -0.3 is 10.1 Å². The molecule has 0 bridgehead atoms. The van der Waals surface area contributed by atoms with Gasteiger partial charge in [-0.2, -0.15) is 5.10 Å². The van der Waals surface area contributed by atoms with Gasteiger partial charge in [0, 0.05) is 37.8 Å². The molecule has 0 atom stereocenters. The van der Waals surface area contributed by atoms with Crippen molar-refractivity contribution in [1.82, 2.24) is 24.6 Å². The second kappa shape index (κ2) is 8.96. The molecule has 0 aliphatic rings. The van der Waals surface area contributed by atoms with Crippen molar-refractivity contribution in [1.29, 1.82) is 0 Å². The Labute approximate surface area is 166 Å². The van der Waals surface area contributed by atoms with Crippen LogP contribution in [-0.4, -0.2) is 38.4 Å². The summed E-state index contributed by atoms with van der Waals surface area (Å²) in [7, 11) is 1.47. The SMILES string of the molecule is CCOc1ccc(-c2cc(=O)n(CCNC(=O)c3ccc(=O)n(C)n3)cn2)cc1. The minimum Gasteiger partial charge on any atom is -0.494 e. The molecule has 9 nitrogen and oxygen atoms in total. The van der Waals surface area contributed by atoms with Crippen LogP contribution < -0.4 is 21.2 Å². The van der Waals surface area contributed by atoms with E-state index in [-0.39, 0.29) is 29.9 Å². The van der Waals surface area contributed by atoms with Gasteiger partial charge in [0.2, 0.25) is 0 Å². The molecule has 0 radical (unpaired) electrons. The molecule has 150 valence electrons. The molecule has 2 heterocycles. The Kier molecular flexibility index (Phi) is 6.18. The minimum atomic E-state index is -0.424. The van der Waals surface area contributed by atoms with E-state index in [1.165, 1.54) is 36.1 Å². The lowest BCUT2D eigenvalue weighted by atomic mass is 10.1. The normalized spacial score (nSPS) is 10.6. The Morgan fingerprint density at radius 1 is 1.10 bits per heavy atom. The molecule has 0 saturated carbocycles. The van der Waals surface area contributed by atoms with Crippen LogP contribution >= 0.6 is 0 Å². The molecular weight excluding hydrogens is 374 g/mol. The number of hydrogen-bond donors (Lipinski definition) is 1. The molecule has 1 N–H and O–H groups in total. The van der Waals surface area contributed by atoms with E-state index >= 15 is 0 Å². The van der Waals surface area contributed by atoms with E-state index in [2.05, 4.69) is 15.4 Å². The van der Waals surface area contributed by atoms with E-state index < -0.39 is 5.91 Å². The monoisotopic (exact) mass is 395 g/mol. The summed E-state index contributed by atoms with van der Waals surface area (Å²) in [5.74, 6) is 0.334. The van der Waals surface area contributed by atoms with Crippen molar-refractivity contribution >= 4 is 5.91 Å². The topological polar surface area (TPSA) is 108 Å². The summed E-state index contributed by atoms with van der Waals surface area (Å²) < 4.78 is 7.90. The Morgan fingerprint density at radius 2 is 1.86 bits per heavy atom. The van der Waals surface area contributed by atoms with Crippen molar-refractivity contribution in [2.75, 3.05) is 13.2 Å². The standard InChI is InChI=1S/C20H21N5O4/c1-3-29-15-6-4-14(5-7-15)17-12-19(27)25(13-22-17)11-10-21-20(28)16-8-9-18(26)24(2)23-16/h4-9,12-13H,3,10-11H2,1-2H3,(H,21,28). The third-order valence-corrected chi connectivity index (χ3v) is 4.17. The van der Waals surface area contributed by atoms with Crippen LogP contribution in [0.3, 0.4) is 0 Å². The first-order valence-electron chi connectivity index (χ1n) is 9.10. The third kappa shape index (κ3) is 4.95. The fourth-order valence-corrected chi connectivity index (χ4v) is 2.64. The van der Waals surface area contributed by atoms with Gasteiger partial charge in [-0.3, -0.25) is 19.0 Å². The van der Waals surface area contributed by atoms with Crippen molar-refractivity contribution in [2.24, 2.45) is 7.05 Å². The molecule has 2 aromatic heterocycles. The quantitative estimate of drug-likeness (QED) is 0.635. The summed E-state index contributed by atoms with van der Waals surface area (Å²) in [6.07, 6.45) is 1.45. The number of ether oxygens (including phenoxy) is 1. The molecule has 0 fully saturated rings. The van der Waals surface area contributed by atoms with Crippen LogP contribution in [-0.2, 0) is 13.6 Å². The molecule has 3 aromatic rings. The second-order valence-electron chi connectivity index (χ2n) is 6.20. The maximum Gasteiger partial charge on any atom is 0.271 e. The summed E-state index contributed by atoms with van der Waals surface area (Å²) >= 11 is 0. The van der Waals surface area contributed by atoms with Gasteiger partial charge in [0.15, 0.2) is 0 Å². The first-order valence-corrected chi connectivity index (χ1v) is 9.10. The van der Waals surface area contributed by atoms with Gasteiger partial charge in [-0.05, 0) is 37.3 Å². The van der Waals surface area contributed by atoms with Crippen molar-refractivity contribution < 1.29 is 9.53 Å². The molecule has 9 heteroatoms. The molecule has 1 amide bonds. The zero-order valence-corrected chi connectivity index (χ0v) is 16.2. The van der Waals surface area contributed by atoms with Crippen LogP contribution in [0.15, 0.2) is 58.4 Å². The van der Waals surface area contributed by atoms with Crippen molar-refractivity contribution in [2.45, 2.75) is 13.5 Å². The maximum atomic E-state index is 12.3.